The third-order valence-electron chi connectivity index (χ3n) is 4.09. The van der Waals surface area contributed by atoms with Crippen LogP contribution in [-0.2, 0) is 4.74 Å². The van der Waals surface area contributed by atoms with Crippen molar-refractivity contribution in [1.82, 2.24) is 4.57 Å². The number of rotatable bonds is 3. The van der Waals surface area contributed by atoms with Gasteiger partial charge in [-0.15, -0.1) is 0 Å². The Labute approximate surface area is 144 Å². The minimum atomic E-state index is -0.0224. The summed E-state index contributed by atoms with van der Waals surface area (Å²) in [5, 5.41) is 0. The van der Waals surface area contributed by atoms with E-state index in [0.29, 0.717) is 0 Å². The molecule has 2 heterocycles. The normalized spacial score (nSPS) is 17.6. The van der Waals surface area contributed by atoms with E-state index in [1.165, 1.54) is 11.3 Å². The van der Waals surface area contributed by atoms with Gasteiger partial charge in [-0.25, -0.2) is 0 Å². The number of ether oxygens (including phenoxy) is 1. The van der Waals surface area contributed by atoms with Gasteiger partial charge in [0.05, 0.1) is 6.61 Å². The van der Waals surface area contributed by atoms with E-state index in [1.807, 2.05) is 18.2 Å². The summed E-state index contributed by atoms with van der Waals surface area (Å²) in [7, 11) is 0. The van der Waals surface area contributed by atoms with Crippen LogP contribution < -0.4 is 4.90 Å². The molecule has 3 nitrogen and oxygen atoms in total. The van der Waals surface area contributed by atoms with E-state index in [9.17, 15) is 0 Å². The van der Waals surface area contributed by atoms with Crippen LogP contribution >= 0.6 is 15.9 Å². The van der Waals surface area contributed by atoms with Gasteiger partial charge in [-0.1, -0.05) is 40.2 Å². The fourth-order valence-corrected chi connectivity index (χ4v) is 3.37. The van der Waals surface area contributed by atoms with Crippen LogP contribution in [0, 0.1) is 0 Å². The number of nitrogens with zero attached hydrogens (tertiary/aromatic N) is 2. The molecule has 1 aromatic heterocycles. The quantitative estimate of drug-likeness (QED) is 0.661. The number of hydrogen-bond acceptors (Lipinski definition) is 2. The lowest BCUT2D eigenvalue weighted by Gasteiger charge is -2.24. The predicted molar refractivity (Wildman–Crippen MR) is 96.0 cm³/mol. The molecule has 1 atom stereocenters. The van der Waals surface area contributed by atoms with Crippen LogP contribution in [0.15, 0.2) is 77.5 Å². The predicted octanol–water partition coefficient (Wildman–Crippen LogP) is 4.78. The molecule has 1 fully saturated rings. The summed E-state index contributed by atoms with van der Waals surface area (Å²) in [4.78, 5) is 2.31. The Morgan fingerprint density at radius 3 is 2.61 bits per heavy atom. The molecule has 0 N–H and O–H groups in total. The lowest BCUT2D eigenvalue weighted by molar-refractivity contribution is 0.114. The number of para-hydroxylation sites is 1. The van der Waals surface area contributed by atoms with Crippen molar-refractivity contribution in [3.8, 4) is 5.69 Å². The molecule has 2 aromatic carbocycles. The van der Waals surface area contributed by atoms with Crippen LogP contribution in [0.4, 0.5) is 5.69 Å². The first-order chi connectivity index (χ1) is 11.3. The molecule has 0 aliphatic carbocycles. The largest absolute Gasteiger partial charge is 0.352 e. The van der Waals surface area contributed by atoms with E-state index in [4.69, 9.17) is 4.74 Å². The maximum absolute atomic E-state index is 5.98. The van der Waals surface area contributed by atoms with E-state index in [1.54, 1.807) is 0 Å². The average molecular weight is 369 g/mol. The highest BCUT2D eigenvalue weighted by atomic mass is 79.9. The maximum atomic E-state index is 5.98. The Hall–Kier alpha value is -2.04. The third kappa shape index (κ3) is 2.92. The zero-order chi connectivity index (χ0) is 15.6. The Kier molecular flexibility index (Phi) is 3.93. The van der Waals surface area contributed by atoms with E-state index in [2.05, 4.69) is 80.3 Å². The van der Waals surface area contributed by atoms with Crippen molar-refractivity contribution in [2.75, 3.05) is 18.1 Å². The summed E-state index contributed by atoms with van der Waals surface area (Å²) in [5.74, 6) is 0. The zero-order valence-corrected chi connectivity index (χ0v) is 14.2. The summed E-state index contributed by atoms with van der Waals surface area (Å²) in [6.45, 7) is 1.67. The highest BCUT2D eigenvalue weighted by Crippen LogP contribution is 2.32. The molecule has 0 amide bonds. The molecule has 23 heavy (non-hydrogen) atoms. The third-order valence-corrected chi connectivity index (χ3v) is 4.58. The molecule has 0 unspecified atom stereocenters. The Bertz CT molecular complexity index is 800. The summed E-state index contributed by atoms with van der Waals surface area (Å²) < 4.78 is 9.19. The van der Waals surface area contributed by atoms with Gasteiger partial charge in [-0.3, -0.25) is 0 Å². The van der Waals surface area contributed by atoms with Crippen LogP contribution in [0.1, 0.15) is 11.8 Å². The van der Waals surface area contributed by atoms with E-state index in [0.717, 1.165) is 23.3 Å². The summed E-state index contributed by atoms with van der Waals surface area (Å²) in [6.07, 6.45) is 4.21. The molecule has 1 aliphatic heterocycles. The van der Waals surface area contributed by atoms with Crippen molar-refractivity contribution in [2.24, 2.45) is 0 Å². The van der Waals surface area contributed by atoms with E-state index >= 15 is 0 Å². The van der Waals surface area contributed by atoms with Gasteiger partial charge in [0.1, 0.15) is 0 Å². The Morgan fingerprint density at radius 1 is 0.957 bits per heavy atom. The van der Waals surface area contributed by atoms with Gasteiger partial charge in [0, 0.05) is 40.3 Å². The summed E-state index contributed by atoms with van der Waals surface area (Å²) in [5.41, 5.74) is 3.51. The fraction of sp³-hybridized carbons (Fsp3) is 0.158. The lowest BCUT2D eigenvalue weighted by atomic mass is 10.2. The lowest BCUT2D eigenvalue weighted by Crippen LogP contribution is -2.22. The van der Waals surface area contributed by atoms with Crippen molar-refractivity contribution < 1.29 is 4.74 Å². The first-order valence-electron chi connectivity index (χ1n) is 7.68. The number of hydrogen-bond donors (Lipinski definition) is 0. The van der Waals surface area contributed by atoms with Crippen molar-refractivity contribution in [3.63, 3.8) is 0 Å². The zero-order valence-electron chi connectivity index (χ0n) is 12.6. The molecule has 0 radical (unpaired) electrons. The average Bonchev–Trinajstić information content (AvgIpc) is 3.25. The van der Waals surface area contributed by atoms with Crippen molar-refractivity contribution in [2.45, 2.75) is 6.23 Å². The Morgan fingerprint density at radius 2 is 1.78 bits per heavy atom. The molecular formula is C19H17BrN2O. The second-order valence-corrected chi connectivity index (χ2v) is 6.50. The summed E-state index contributed by atoms with van der Waals surface area (Å²) in [6, 6.07) is 20.8. The summed E-state index contributed by atoms with van der Waals surface area (Å²) >= 11 is 3.53. The number of anilines is 1. The number of benzene rings is 2. The molecule has 4 heteroatoms. The van der Waals surface area contributed by atoms with Crippen LogP contribution in [0.3, 0.4) is 0 Å². The maximum Gasteiger partial charge on any atom is 0.158 e. The van der Waals surface area contributed by atoms with Crippen LogP contribution in [0.2, 0.25) is 0 Å². The van der Waals surface area contributed by atoms with Crippen molar-refractivity contribution >= 4 is 21.6 Å². The smallest absolute Gasteiger partial charge is 0.158 e. The van der Waals surface area contributed by atoms with Crippen molar-refractivity contribution in [1.29, 1.82) is 0 Å². The molecule has 0 spiro atoms. The first-order valence-corrected chi connectivity index (χ1v) is 8.48. The second-order valence-electron chi connectivity index (χ2n) is 5.58. The fourth-order valence-electron chi connectivity index (χ4n) is 2.99. The van der Waals surface area contributed by atoms with Crippen LogP contribution in [0.25, 0.3) is 5.69 Å². The molecule has 0 bridgehead atoms. The highest BCUT2D eigenvalue weighted by Gasteiger charge is 2.27. The molecular weight excluding hydrogens is 352 g/mol. The van der Waals surface area contributed by atoms with E-state index < -0.39 is 0 Å². The van der Waals surface area contributed by atoms with Gasteiger partial charge in [0.15, 0.2) is 6.23 Å². The Balaban J connectivity index is 1.63. The number of aromatic nitrogens is 1. The van der Waals surface area contributed by atoms with Gasteiger partial charge in [0.25, 0.3) is 0 Å². The first kappa shape index (κ1) is 14.5. The minimum Gasteiger partial charge on any atom is -0.352 e. The molecule has 4 rings (SSSR count). The van der Waals surface area contributed by atoms with Crippen molar-refractivity contribution in [3.05, 3.63) is 83.1 Å². The monoisotopic (exact) mass is 368 g/mol. The molecule has 3 aromatic rings. The minimum absolute atomic E-state index is 0.0224. The second kappa shape index (κ2) is 6.22. The van der Waals surface area contributed by atoms with Gasteiger partial charge in [-0.05, 0) is 36.4 Å². The topological polar surface area (TPSA) is 17.4 Å². The van der Waals surface area contributed by atoms with Gasteiger partial charge < -0.3 is 14.2 Å². The van der Waals surface area contributed by atoms with Gasteiger partial charge in [0.2, 0.25) is 0 Å². The van der Waals surface area contributed by atoms with E-state index in [-0.39, 0.29) is 6.23 Å². The molecule has 116 valence electrons. The molecule has 1 aliphatic rings. The highest BCUT2D eigenvalue weighted by molar-refractivity contribution is 9.10. The van der Waals surface area contributed by atoms with Gasteiger partial charge in [-0.2, -0.15) is 0 Å². The van der Waals surface area contributed by atoms with Gasteiger partial charge >= 0.3 is 0 Å². The van der Waals surface area contributed by atoms with Crippen LogP contribution in [-0.4, -0.2) is 17.7 Å². The molecule has 0 saturated carbocycles. The SMILES string of the molecule is Brc1cccc(-n2ccc([C@@H]3OCCN3c3ccccc3)c2)c1. The van der Waals surface area contributed by atoms with Crippen LogP contribution in [0.5, 0.6) is 0 Å². The number of halogens is 1. The standard InChI is InChI=1S/C19H17BrN2O/c20-16-5-4-8-18(13-16)21-10-9-15(14-21)19-22(11-12-23-19)17-6-2-1-3-7-17/h1-10,13-14,19H,11-12H2/t19-/m0/s1. The molecule has 1 saturated heterocycles.